The summed E-state index contributed by atoms with van der Waals surface area (Å²) in [5.41, 5.74) is -0.875. The first-order valence-corrected chi connectivity index (χ1v) is 3.73. The Morgan fingerprint density at radius 3 is 2.27 bits per heavy atom. The smallest absolute Gasteiger partial charge is 0.309 e. The van der Waals surface area contributed by atoms with Crippen molar-refractivity contribution in [2.75, 3.05) is 6.67 Å². The monoisotopic (exact) mass is 180 g/mol. The van der Waals surface area contributed by atoms with Crippen molar-refractivity contribution in [3.05, 3.63) is 0 Å². The Hall–Kier alpha value is -0.310. The van der Waals surface area contributed by atoms with Gasteiger partial charge in [0.1, 0.15) is 0 Å². The lowest BCUT2D eigenvalue weighted by atomic mass is 10.1. The fourth-order valence-corrected chi connectivity index (χ4v) is 1.98. The molecule has 0 aromatic carbocycles. The van der Waals surface area contributed by atoms with Crippen LogP contribution in [0.15, 0.2) is 0 Å². The van der Waals surface area contributed by atoms with Crippen molar-refractivity contribution in [1.82, 2.24) is 0 Å². The summed E-state index contributed by atoms with van der Waals surface area (Å²) in [5, 5.41) is 8.60. The standard InChI is InChI=1S/C7H10ClFO2/c1-6(3-9)4(5(10)11)7(6,2)8/h4H,3H2,1-2H3,(H,10,11). The summed E-state index contributed by atoms with van der Waals surface area (Å²) >= 11 is 5.79. The highest BCUT2D eigenvalue weighted by atomic mass is 35.5. The Morgan fingerprint density at radius 1 is 1.73 bits per heavy atom. The third-order valence-electron chi connectivity index (χ3n) is 2.74. The van der Waals surface area contributed by atoms with Crippen LogP contribution in [0.5, 0.6) is 0 Å². The zero-order chi connectivity index (χ0) is 8.86. The fourth-order valence-electron chi connectivity index (χ4n) is 1.54. The number of halogens is 2. The average molecular weight is 181 g/mol. The van der Waals surface area contributed by atoms with Gasteiger partial charge in [-0.15, -0.1) is 11.6 Å². The molecule has 4 heteroatoms. The molecular formula is C7H10ClFO2. The van der Waals surface area contributed by atoms with E-state index in [2.05, 4.69) is 0 Å². The van der Waals surface area contributed by atoms with Crippen molar-refractivity contribution < 1.29 is 14.3 Å². The van der Waals surface area contributed by atoms with Crippen molar-refractivity contribution in [3.8, 4) is 0 Å². The average Bonchev–Trinajstić information content (AvgIpc) is 2.29. The molecule has 64 valence electrons. The molecule has 1 aliphatic rings. The maximum atomic E-state index is 12.3. The second-order valence-electron chi connectivity index (χ2n) is 3.40. The van der Waals surface area contributed by atoms with Crippen LogP contribution >= 0.6 is 11.6 Å². The maximum Gasteiger partial charge on any atom is 0.309 e. The first kappa shape index (κ1) is 8.78. The molecule has 0 heterocycles. The topological polar surface area (TPSA) is 37.3 Å². The molecule has 1 aliphatic carbocycles. The van der Waals surface area contributed by atoms with Crippen LogP contribution in [0.2, 0.25) is 0 Å². The van der Waals surface area contributed by atoms with Gasteiger partial charge in [0.15, 0.2) is 0 Å². The number of carbonyl (C=O) groups is 1. The summed E-state index contributed by atoms with van der Waals surface area (Å²) in [6.45, 7) is 2.44. The summed E-state index contributed by atoms with van der Waals surface area (Å²) < 4.78 is 12.3. The van der Waals surface area contributed by atoms with Gasteiger partial charge >= 0.3 is 5.97 Å². The highest BCUT2D eigenvalue weighted by molar-refractivity contribution is 6.29. The van der Waals surface area contributed by atoms with E-state index in [1.165, 1.54) is 0 Å². The van der Waals surface area contributed by atoms with Crippen molar-refractivity contribution >= 4 is 17.6 Å². The lowest BCUT2D eigenvalue weighted by Gasteiger charge is -2.04. The van der Waals surface area contributed by atoms with Crippen LogP contribution in [0.1, 0.15) is 13.8 Å². The Bertz CT molecular complexity index is 205. The minimum Gasteiger partial charge on any atom is -0.481 e. The van der Waals surface area contributed by atoms with E-state index < -0.39 is 28.9 Å². The number of rotatable bonds is 2. The Balaban J connectivity index is 2.83. The molecule has 2 nitrogen and oxygen atoms in total. The Morgan fingerprint density at radius 2 is 2.18 bits per heavy atom. The highest BCUT2D eigenvalue weighted by Gasteiger charge is 2.74. The van der Waals surface area contributed by atoms with E-state index in [1.807, 2.05) is 0 Å². The number of carboxylic acids is 1. The third kappa shape index (κ3) is 0.868. The number of aliphatic carboxylic acids is 1. The van der Waals surface area contributed by atoms with Crippen LogP contribution in [0.25, 0.3) is 0 Å². The lowest BCUT2D eigenvalue weighted by Crippen LogP contribution is -2.08. The summed E-state index contributed by atoms with van der Waals surface area (Å²) in [5.74, 6) is -1.76. The fraction of sp³-hybridized carbons (Fsp3) is 0.857. The van der Waals surface area contributed by atoms with Gasteiger partial charge in [-0.05, 0) is 6.92 Å². The number of hydrogen-bond donors (Lipinski definition) is 1. The zero-order valence-corrected chi connectivity index (χ0v) is 7.15. The molecule has 1 fully saturated rings. The van der Waals surface area contributed by atoms with E-state index in [9.17, 15) is 9.18 Å². The first-order chi connectivity index (χ1) is 4.88. The SMILES string of the molecule is CC1(Cl)C(C(=O)O)C1(C)CF. The van der Waals surface area contributed by atoms with Gasteiger partial charge in [-0.3, -0.25) is 9.18 Å². The van der Waals surface area contributed by atoms with Crippen LogP contribution in [0, 0.1) is 11.3 Å². The molecule has 1 saturated carbocycles. The predicted octanol–water partition coefficient (Wildman–Crippen LogP) is 1.67. The second-order valence-corrected chi connectivity index (χ2v) is 4.18. The van der Waals surface area contributed by atoms with Gasteiger partial charge in [0, 0.05) is 5.41 Å². The van der Waals surface area contributed by atoms with Crippen LogP contribution in [-0.4, -0.2) is 22.6 Å². The van der Waals surface area contributed by atoms with Crippen LogP contribution in [-0.2, 0) is 4.79 Å². The van der Waals surface area contributed by atoms with E-state index in [4.69, 9.17) is 16.7 Å². The molecule has 1 N–H and O–H groups in total. The van der Waals surface area contributed by atoms with Gasteiger partial charge in [-0.2, -0.15) is 0 Å². The number of carboxylic acid groups (broad SMARTS) is 1. The molecule has 0 saturated heterocycles. The molecule has 0 aromatic heterocycles. The quantitative estimate of drug-likeness (QED) is 0.657. The van der Waals surface area contributed by atoms with Gasteiger partial charge < -0.3 is 5.11 Å². The zero-order valence-electron chi connectivity index (χ0n) is 6.40. The van der Waals surface area contributed by atoms with E-state index in [0.717, 1.165) is 0 Å². The third-order valence-corrected chi connectivity index (χ3v) is 3.39. The molecule has 0 aromatic rings. The minimum absolute atomic E-state index is 0.677. The molecule has 0 spiro atoms. The van der Waals surface area contributed by atoms with Gasteiger partial charge in [0.25, 0.3) is 0 Å². The summed E-state index contributed by atoms with van der Waals surface area (Å²) in [7, 11) is 0. The summed E-state index contributed by atoms with van der Waals surface area (Å²) in [6, 6.07) is 0. The first-order valence-electron chi connectivity index (χ1n) is 3.35. The van der Waals surface area contributed by atoms with Crippen LogP contribution in [0.3, 0.4) is 0 Å². The lowest BCUT2D eigenvalue weighted by molar-refractivity contribution is -0.139. The van der Waals surface area contributed by atoms with E-state index in [1.54, 1.807) is 13.8 Å². The van der Waals surface area contributed by atoms with Crippen LogP contribution < -0.4 is 0 Å². The van der Waals surface area contributed by atoms with Gasteiger partial charge in [0.2, 0.25) is 0 Å². The van der Waals surface area contributed by atoms with E-state index in [0.29, 0.717) is 0 Å². The predicted molar refractivity (Wildman–Crippen MR) is 39.5 cm³/mol. The van der Waals surface area contributed by atoms with Crippen LogP contribution in [0.4, 0.5) is 4.39 Å². The van der Waals surface area contributed by atoms with Gasteiger partial charge in [-0.25, -0.2) is 0 Å². The molecule has 11 heavy (non-hydrogen) atoms. The number of alkyl halides is 2. The molecule has 0 bridgehead atoms. The highest BCUT2D eigenvalue weighted by Crippen LogP contribution is 2.66. The van der Waals surface area contributed by atoms with Gasteiger partial charge in [-0.1, -0.05) is 6.92 Å². The molecule has 0 radical (unpaired) electrons. The van der Waals surface area contributed by atoms with E-state index in [-0.39, 0.29) is 0 Å². The molecular weight excluding hydrogens is 171 g/mol. The molecule has 0 amide bonds. The molecule has 3 unspecified atom stereocenters. The Labute approximate surface area is 69.3 Å². The van der Waals surface area contributed by atoms with Crippen molar-refractivity contribution in [3.63, 3.8) is 0 Å². The maximum absolute atomic E-state index is 12.3. The normalized spacial score (nSPS) is 48.9. The summed E-state index contributed by atoms with van der Waals surface area (Å²) in [4.78, 5) is 9.59. The van der Waals surface area contributed by atoms with Crippen molar-refractivity contribution in [2.45, 2.75) is 18.7 Å². The van der Waals surface area contributed by atoms with Crippen molar-refractivity contribution in [1.29, 1.82) is 0 Å². The van der Waals surface area contributed by atoms with Crippen molar-refractivity contribution in [2.24, 2.45) is 11.3 Å². The summed E-state index contributed by atoms with van der Waals surface area (Å²) in [6.07, 6.45) is 0. The molecule has 3 atom stereocenters. The molecule has 1 rings (SSSR count). The largest absolute Gasteiger partial charge is 0.481 e. The minimum atomic E-state index is -1.01. The molecule has 0 aliphatic heterocycles. The second kappa shape index (κ2) is 2.09. The van der Waals surface area contributed by atoms with Gasteiger partial charge in [0.05, 0.1) is 17.5 Å². The number of hydrogen-bond acceptors (Lipinski definition) is 1. The Kier molecular flexibility index (Phi) is 1.67. The van der Waals surface area contributed by atoms with E-state index >= 15 is 0 Å².